The zero-order chi connectivity index (χ0) is 21.6. The quantitative estimate of drug-likeness (QED) is 0.408. The topological polar surface area (TPSA) is 51.9 Å². The van der Waals surface area contributed by atoms with E-state index >= 15 is 0 Å². The Labute approximate surface area is 185 Å². The maximum Gasteiger partial charge on any atom is 0.232 e. The molecule has 0 bridgehead atoms. The number of ether oxygens (including phenoxy) is 2. The Hall–Kier alpha value is -2.60. The molecule has 4 rings (SSSR count). The van der Waals surface area contributed by atoms with E-state index in [4.69, 9.17) is 14.6 Å². The molecule has 1 aliphatic carbocycles. The summed E-state index contributed by atoms with van der Waals surface area (Å²) in [5, 5.41) is 4.71. The highest BCUT2D eigenvalue weighted by Crippen LogP contribution is 2.30. The molecule has 0 spiro atoms. The average molecular weight is 423 g/mol. The van der Waals surface area contributed by atoms with Gasteiger partial charge in [0.1, 0.15) is 5.75 Å². The Bertz CT molecular complexity index is 961. The minimum Gasteiger partial charge on any atom is -0.493 e. The van der Waals surface area contributed by atoms with Crippen LogP contribution in [0.15, 0.2) is 42.6 Å². The third-order valence-corrected chi connectivity index (χ3v) is 5.97. The number of hydrogen-bond acceptors (Lipinski definition) is 5. The lowest BCUT2D eigenvalue weighted by molar-refractivity contribution is 0.186. The predicted molar refractivity (Wildman–Crippen MR) is 124 cm³/mol. The van der Waals surface area contributed by atoms with Crippen molar-refractivity contribution in [1.29, 1.82) is 0 Å². The molecule has 1 saturated carbocycles. The van der Waals surface area contributed by atoms with E-state index in [1.54, 1.807) is 0 Å². The van der Waals surface area contributed by atoms with Crippen molar-refractivity contribution in [3.05, 3.63) is 42.6 Å². The number of nitrogens with zero attached hydrogens (tertiary/aromatic N) is 4. The molecule has 2 aromatic heterocycles. The van der Waals surface area contributed by atoms with E-state index in [2.05, 4.69) is 42.8 Å². The summed E-state index contributed by atoms with van der Waals surface area (Å²) in [5.74, 6) is 2.30. The molecule has 0 aliphatic heterocycles. The van der Waals surface area contributed by atoms with Crippen LogP contribution >= 0.6 is 0 Å². The summed E-state index contributed by atoms with van der Waals surface area (Å²) < 4.78 is 13.8. The molecule has 1 aromatic carbocycles. The van der Waals surface area contributed by atoms with E-state index < -0.39 is 0 Å². The molecule has 0 radical (unpaired) electrons. The molecule has 1 aliphatic rings. The van der Waals surface area contributed by atoms with E-state index in [-0.39, 0.29) is 6.10 Å². The van der Waals surface area contributed by atoms with E-state index in [9.17, 15) is 0 Å². The Morgan fingerprint density at radius 2 is 1.87 bits per heavy atom. The van der Waals surface area contributed by atoms with Crippen LogP contribution in [0, 0.1) is 5.92 Å². The molecule has 6 nitrogen and oxygen atoms in total. The maximum atomic E-state index is 6.11. The van der Waals surface area contributed by atoms with Crippen molar-refractivity contribution in [2.75, 3.05) is 26.2 Å². The Balaban J connectivity index is 1.40. The smallest absolute Gasteiger partial charge is 0.232 e. The van der Waals surface area contributed by atoms with Crippen LogP contribution in [0.2, 0.25) is 0 Å². The van der Waals surface area contributed by atoms with Crippen molar-refractivity contribution >= 4 is 5.65 Å². The number of imidazole rings is 1. The van der Waals surface area contributed by atoms with Crippen LogP contribution in [-0.4, -0.2) is 51.8 Å². The highest BCUT2D eigenvalue weighted by atomic mass is 16.5. The lowest BCUT2D eigenvalue weighted by Gasteiger charge is -2.19. The summed E-state index contributed by atoms with van der Waals surface area (Å²) in [7, 11) is 0. The van der Waals surface area contributed by atoms with Gasteiger partial charge in [-0.05, 0) is 88.5 Å². The molecule has 31 heavy (non-hydrogen) atoms. The second-order valence-corrected chi connectivity index (χ2v) is 8.46. The fourth-order valence-electron chi connectivity index (χ4n) is 3.74. The van der Waals surface area contributed by atoms with Gasteiger partial charge in [-0.15, -0.1) is 5.10 Å². The van der Waals surface area contributed by atoms with Gasteiger partial charge in [0.15, 0.2) is 5.65 Å². The van der Waals surface area contributed by atoms with E-state index in [1.165, 1.54) is 12.8 Å². The Morgan fingerprint density at radius 3 is 2.58 bits per heavy atom. The molecular formula is C25H34N4O2. The van der Waals surface area contributed by atoms with Gasteiger partial charge in [-0.1, -0.05) is 13.8 Å². The van der Waals surface area contributed by atoms with Crippen LogP contribution in [0.3, 0.4) is 0 Å². The van der Waals surface area contributed by atoms with Gasteiger partial charge in [-0.25, -0.2) is 9.50 Å². The molecule has 1 unspecified atom stereocenters. The number of rotatable bonds is 12. The van der Waals surface area contributed by atoms with Crippen LogP contribution < -0.4 is 9.47 Å². The number of benzene rings is 1. The molecule has 1 fully saturated rings. The van der Waals surface area contributed by atoms with Crippen LogP contribution in [-0.2, 0) is 0 Å². The van der Waals surface area contributed by atoms with Crippen molar-refractivity contribution in [3.8, 4) is 22.9 Å². The van der Waals surface area contributed by atoms with Gasteiger partial charge in [0.2, 0.25) is 5.88 Å². The third-order valence-electron chi connectivity index (χ3n) is 5.97. The molecule has 6 heteroatoms. The van der Waals surface area contributed by atoms with E-state index in [1.807, 2.05) is 35.0 Å². The van der Waals surface area contributed by atoms with Crippen LogP contribution in [0.25, 0.3) is 16.9 Å². The van der Waals surface area contributed by atoms with Crippen LogP contribution in [0.5, 0.6) is 11.6 Å². The van der Waals surface area contributed by atoms with Crippen LogP contribution in [0.4, 0.5) is 0 Å². The second-order valence-electron chi connectivity index (χ2n) is 8.46. The second kappa shape index (κ2) is 10.1. The lowest BCUT2D eigenvalue weighted by atomic mass is 10.1. The summed E-state index contributed by atoms with van der Waals surface area (Å²) in [6, 6.07) is 12.0. The number of aromatic nitrogens is 3. The number of hydrogen-bond donors (Lipinski definition) is 0. The molecule has 0 saturated heterocycles. The van der Waals surface area contributed by atoms with Gasteiger partial charge >= 0.3 is 0 Å². The highest BCUT2D eigenvalue weighted by molar-refractivity contribution is 5.63. The van der Waals surface area contributed by atoms with Gasteiger partial charge in [0.05, 0.1) is 24.6 Å². The number of fused-ring (bicyclic) bond motifs is 1. The van der Waals surface area contributed by atoms with Crippen molar-refractivity contribution in [1.82, 2.24) is 19.5 Å². The van der Waals surface area contributed by atoms with Crippen molar-refractivity contribution < 1.29 is 9.47 Å². The summed E-state index contributed by atoms with van der Waals surface area (Å²) in [5.41, 5.74) is 2.82. The molecule has 2 heterocycles. The van der Waals surface area contributed by atoms with Gasteiger partial charge in [-0.3, -0.25) is 0 Å². The predicted octanol–water partition coefficient (Wildman–Crippen LogP) is 5.07. The zero-order valence-corrected chi connectivity index (χ0v) is 19.0. The van der Waals surface area contributed by atoms with Crippen molar-refractivity contribution in [2.45, 2.75) is 52.6 Å². The summed E-state index contributed by atoms with van der Waals surface area (Å²) >= 11 is 0. The molecule has 3 aromatic rings. The molecule has 0 N–H and O–H groups in total. The third kappa shape index (κ3) is 5.76. The minimum absolute atomic E-state index is 0.121. The van der Waals surface area contributed by atoms with E-state index in [0.717, 1.165) is 67.7 Å². The molecular weight excluding hydrogens is 388 g/mol. The SMILES string of the molecule is CCN(CC)CCCC(C)Oc1ccc2ncc(-c3ccc(OCC4CC4)cc3)n2n1. The standard InChI is InChI=1S/C25H34N4O2/c1-4-28(5-2)16-6-7-19(3)31-25-15-14-24-26-17-23(29(24)27-25)21-10-12-22(13-11-21)30-18-20-8-9-20/h10-15,17,19-20H,4-9,16,18H2,1-3H3. The summed E-state index contributed by atoms with van der Waals surface area (Å²) in [6.45, 7) is 10.7. The first-order valence-electron chi connectivity index (χ1n) is 11.6. The van der Waals surface area contributed by atoms with Gasteiger partial charge in [0.25, 0.3) is 0 Å². The van der Waals surface area contributed by atoms with Crippen molar-refractivity contribution in [2.24, 2.45) is 5.92 Å². The first kappa shape index (κ1) is 21.6. The van der Waals surface area contributed by atoms with Crippen molar-refractivity contribution in [3.63, 3.8) is 0 Å². The first-order chi connectivity index (χ1) is 15.2. The largest absolute Gasteiger partial charge is 0.493 e. The molecule has 1 atom stereocenters. The Morgan fingerprint density at radius 1 is 1.10 bits per heavy atom. The molecule has 0 amide bonds. The van der Waals surface area contributed by atoms with E-state index in [0.29, 0.717) is 5.88 Å². The Kier molecular flexibility index (Phi) is 7.07. The summed E-state index contributed by atoms with van der Waals surface area (Å²) in [6.07, 6.45) is 6.70. The average Bonchev–Trinajstić information content (AvgIpc) is 3.53. The monoisotopic (exact) mass is 422 g/mol. The highest BCUT2D eigenvalue weighted by Gasteiger charge is 2.21. The normalized spacial score (nSPS) is 14.8. The van der Waals surface area contributed by atoms with Crippen LogP contribution in [0.1, 0.15) is 46.5 Å². The summed E-state index contributed by atoms with van der Waals surface area (Å²) in [4.78, 5) is 6.94. The lowest BCUT2D eigenvalue weighted by Crippen LogP contribution is -2.25. The minimum atomic E-state index is 0.121. The zero-order valence-electron chi connectivity index (χ0n) is 19.0. The maximum absolute atomic E-state index is 6.11. The van der Waals surface area contributed by atoms with Gasteiger partial charge in [-0.2, -0.15) is 0 Å². The first-order valence-corrected chi connectivity index (χ1v) is 11.6. The van der Waals surface area contributed by atoms with Gasteiger partial charge in [0, 0.05) is 11.6 Å². The molecule has 166 valence electrons. The van der Waals surface area contributed by atoms with Gasteiger partial charge < -0.3 is 14.4 Å². The fourth-order valence-corrected chi connectivity index (χ4v) is 3.74. The fraction of sp³-hybridized carbons (Fsp3) is 0.520.